The fourth-order valence-electron chi connectivity index (χ4n) is 3.72. The third kappa shape index (κ3) is 4.69. The Morgan fingerprint density at radius 3 is 2.19 bits per heavy atom. The van der Waals surface area contributed by atoms with Gasteiger partial charge in [0.05, 0.1) is 5.56 Å². The smallest absolute Gasteiger partial charge is 0.432 e. The summed E-state index contributed by atoms with van der Waals surface area (Å²) in [5.74, 6) is -2.57. The van der Waals surface area contributed by atoms with Crippen molar-refractivity contribution < 1.29 is 50.1 Å². The summed E-state index contributed by atoms with van der Waals surface area (Å²) in [5.41, 5.74) is -5.40. The van der Waals surface area contributed by atoms with Crippen LogP contribution in [-0.4, -0.2) is 61.3 Å². The molecule has 0 spiro atoms. The molecule has 0 radical (unpaired) electrons. The number of methoxy groups -OCH3 is 1. The predicted molar refractivity (Wildman–Crippen MR) is 111 cm³/mol. The van der Waals surface area contributed by atoms with E-state index in [1.54, 1.807) is 0 Å². The molecule has 2 aromatic rings. The Morgan fingerprint density at radius 2 is 1.67 bits per heavy atom. The van der Waals surface area contributed by atoms with Crippen LogP contribution in [0.1, 0.15) is 18.1 Å². The van der Waals surface area contributed by atoms with Crippen molar-refractivity contribution >= 4 is 17.8 Å². The number of halogens is 6. The summed E-state index contributed by atoms with van der Waals surface area (Å²) in [6.45, 7) is 1.43. The van der Waals surface area contributed by atoms with Crippen LogP contribution in [0.25, 0.3) is 0 Å². The van der Waals surface area contributed by atoms with Crippen LogP contribution in [0, 0.1) is 0 Å². The lowest BCUT2D eigenvalue weighted by molar-refractivity contribution is -0.280. The summed E-state index contributed by atoms with van der Waals surface area (Å²) in [6, 6.07) is 6.03. The van der Waals surface area contributed by atoms with Gasteiger partial charge in [0.25, 0.3) is 5.60 Å². The zero-order valence-electron chi connectivity index (χ0n) is 19.1. The molecule has 2 heterocycles. The number of pyridine rings is 1. The first-order valence-electron chi connectivity index (χ1n) is 10.4. The molecule has 8 nitrogen and oxygen atoms in total. The van der Waals surface area contributed by atoms with E-state index in [2.05, 4.69) is 4.98 Å². The van der Waals surface area contributed by atoms with Gasteiger partial charge in [-0.05, 0) is 19.1 Å². The quantitative estimate of drug-likeness (QED) is 0.399. The number of rotatable bonds is 7. The second-order valence-corrected chi connectivity index (χ2v) is 7.55. The number of carbonyl (C=O) groups is 2. The number of amides is 2. The molecule has 1 fully saturated rings. The molecule has 36 heavy (non-hydrogen) atoms. The number of alkyl halides is 6. The molecule has 1 aliphatic rings. The summed E-state index contributed by atoms with van der Waals surface area (Å²) in [6.07, 6.45) is -12.8. The minimum Gasteiger partial charge on any atom is -0.433 e. The number of hydrogen-bond acceptors (Lipinski definition) is 6. The highest BCUT2D eigenvalue weighted by atomic mass is 19.4. The van der Waals surface area contributed by atoms with Crippen LogP contribution in [0.15, 0.2) is 48.7 Å². The number of urea groups is 1. The van der Waals surface area contributed by atoms with Gasteiger partial charge in [0.2, 0.25) is 6.23 Å². The van der Waals surface area contributed by atoms with Gasteiger partial charge in [-0.2, -0.15) is 26.3 Å². The van der Waals surface area contributed by atoms with E-state index < -0.39 is 59.4 Å². The minimum atomic E-state index is -5.32. The zero-order valence-corrected chi connectivity index (χ0v) is 19.1. The molecular formula is C22H21F6N3O5. The largest absolute Gasteiger partial charge is 0.433 e. The van der Waals surface area contributed by atoms with Gasteiger partial charge in [0.1, 0.15) is 5.82 Å². The first kappa shape index (κ1) is 27.2. The number of anilines is 1. The lowest BCUT2D eigenvalue weighted by atomic mass is 9.92. The Bertz CT molecular complexity index is 1100. The lowest BCUT2D eigenvalue weighted by Gasteiger charge is -2.35. The molecule has 3 rings (SSSR count). The van der Waals surface area contributed by atoms with E-state index in [-0.39, 0.29) is 6.61 Å². The molecule has 0 bridgehead atoms. The first-order chi connectivity index (χ1) is 16.8. The third-order valence-electron chi connectivity index (χ3n) is 5.45. The van der Waals surface area contributed by atoms with E-state index in [0.717, 1.165) is 23.2 Å². The van der Waals surface area contributed by atoms with Crippen molar-refractivity contribution in [2.24, 2.45) is 0 Å². The van der Waals surface area contributed by atoms with Crippen molar-refractivity contribution in [2.45, 2.75) is 37.3 Å². The van der Waals surface area contributed by atoms with Gasteiger partial charge in [-0.1, -0.05) is 30.3 Å². The maximum Gasteiger partial charge on any atom is 0.432 e. The Morgan fingerprint density at radius 1 is 1.03 bits per heavy atom. The number of likely N-dealkylation sites (N-methyl/N-ethyl adjacent to an activating group) is 1. The van der Waals surface area contributed by atoms with Gasteiger partial charge in [0, 0.05) is 32.5 Å². The van der Waals surface area contributed by atoms with Crippen LogP contribution in [0.4, 0.5) is 37.0 Å². The van der Waals surface area contributed by atoms with E-state index in [1.807, 2.05) is 0 Å². The maximum atomic E-state index is 14.3. The Hall–Kier alpha value is -3.39. The van der Waals surface area contributed by atoms with Gasteiger partial charge in [0.15, 0.2) is 6.23 Å². The van der Waals surface area contributed by atoms with E-state index in [1.165, 1.54) is 32.2 Å². The second kappa shape index (κ2) is 9.93. The number of nitrogens with zero attached hydrogens (tertiary/aromatic N) is 3. The topological polar surface area (TPSA) is 81.2 Å². The number of carbonyl (C=O) groups excluding carboxylic acids is 2. The van der Waals surface area contributed by atoms with Crippen LogP contribution < -0.4 is 4.90 Å². The molecule has 196 valence electrons. The molecule has 0 N–H and O–H groups in total. The molecule has 1 aromatic carbocycles. The molecule has 0 saturated carbocycles. The Balaban J connectivity index is 2.11. The SMILES string of the molecule is CCO[C@H]1[C@H](OC(=O)[C@](OC)(c2ccccc2)C(F)(F)F)N(c2cc(C(F)(F)F)ccn2)C(=O)N1C. The molecule has 14 heteroatoms. The normalized spacial score (nSPS) is 20.4. The fourth-order valence-corrected chi connectivity index (χ4v) is 3.72. The van der Waals surface area contributed by atoms with Gasteiger partial charge < -0.3 is 14.2 Å². The zero-order chi connectivity index (χ0) is 26.9. The summed E-state index contributed by atoms with van der Waals surface area (Å²) < 4.78 is 98.0. The Labute approximate surface area is 201 Å². The van der Waals surface area contributed by atoms with Crippen LogP contribution in [-0.2, 0) is 30.8 Å². The highest BCUT2D eigenvalue weighted by Crippen LogP contribution is 2.44. The molecule has 1 aromatic heterocycles. The molecule has 2 amide bonds. The summed E-state index contributed by atoms with van der Waals surface area (Å²) in [5, 5.41) is 0. The standard InChI is InChI=1S/C22H21F6N3O5/c1-4-35-16-17(31(19(33)30(16)2)15-12-14(10-11-29-15)21(23,24)25)36-18(32)20(34-3,22(26,27)28)13-8-6-5-7-9-13/h5-12,16-17H,4H2,1-3H3/t16-,17-,20+/m0/s1. The van der Waals surface area contributed by atoms with Gasteiger partial charge in [-0.25, -0.2) is 19.5 Å². The molecular weight excluding hydrogens is 500 g/mol. The lowest BCUT2D eigenvalue weighted by Crippen LogP contribution is -2.55. The van der Waals surface area contributed by atoms with Gasteiger partial charge in [-0.15, -0.1) is 0 Å². The van der Waals surface area contributed by atoms with E-state index in [9.17, 15) is 35.9 Å². The van der Waals surface area contributed by atoms with Crippen LogP contribution in [0.5, 0.6) is 0 Å². The van der Waals surface area contributed by atoms with E-state index in [0.29, 0.717) is 24.1 Å². The maximum absolute atomic E-state index is 14.3. The average molecular weight is 521 g/mol. The predicted octanol–water partition coefficient (Wildman–Crippen LogP) is 4.31. The number of hydrogen-bond donors (Lipinski definition) is 0. The Kier molecular flexibility index (Phi) is 7.50. The van der Waals surface area contributed by atoms with Crippen molar-refractivity contribution in [1.29, 1.82) is 0 Å². The van der Waals surface area contributed by atoms with Crippen molar-refractivity contribution in [2.75, 3.05) is 25.7 Å². The first-order valence-corrected chi connectivity index (χ1v) is 10.4. The summed E-state index contributed by atoms with van der Waals surface area (Å²) >= 11 is 0. The van der Waals surface area contributed by atoms with Gasteiger partial charge >= 0.3 is 24.4 Å². The van der Waals surface area contributed by atoms with Crippen molar-refractivity contribution in [3.63, 3.8) is 0 Å². The van der Waals surface area contributed by atoms with Crippen molar-refractivity contribution in [1.82, 2.24) is 9.88 Å². The van der Waals surface area contributed by atoms with E-state index in [4.69, 9.17) is 14.2 Å². The summed E-state index contributed by atoms with van der Waals surface area (Å²) in [4.78, 5) is 31.3. The molecule has 1 aliphatic heterocycles. The number of benzene rings is 1. The van der Waals surface area contributed by atoms with Crippen LogP contribution >= 0.6 is 0 Å². The fraction of sp³-hybridized carbons (Fsp3) is 0.409. The van der Waals surface area contributed by atoms with E-state index >= 15 is 0 Å². The monoisotopic (exact) mass is 521 g/mol. The van der Waals surface area contributed by atoms with Crippen molar-refractivity contribution in [3.8, 4) is 0 Å². The van der Waals surface area contributed by atoms with Gasteiger partial charge in [-0.3, -0.25) is 4.90 Å². The number of ether oxygens (including phenoxy) is 3. The third-order valence-corrected chi connectivity index (χ3v) is 5.45. The molecule has 0 unspecified atom stereocenters. The summed E-state index contributed by atoms with van der Waals surface area (Å²) in [7, 11) is 1.83. The average Bonchev–Trinajstić information content (AvgIpc) is 3.04. The number of aromatic nitrogens is 1. The van der Waals surface area contributed by atoms with Crippen molar-refractivity contribution in [3.05, 3.63) is 59.8 Å². The van der Waals surface area contributed by atoms with Crippen LogP contribution in [0.2, 0.25) is 0 Å². The highest BCUT2D eigenvalue weighted by Gasteiger charge is 2.65. The molecule has 0 aliphatic carbocycles. The number of esters is 1. The molecule has 1 saturated heterocycles. The minimum absolute atomic E-state index is 0.0758. The highest BCUT2D eigenvalue weighted by molar-refractivity contribution is 5.95. The second-order valence-electron chi connectivity index (χ2n) is 7.55. The molecule has 3 atom stereocenters. The van der Waals surface area contributed by atoms with Crippen LogP contribution in [0.3, 0.4) is 0 Å².